The van der Waals surface area contributed by atoms with Gasteiger partial charge in [0.25, 0.3) is 11.5 Å². The number of para-hydroxylation sites is 1. The number of nitrogens with zero attached hydrogens (tertiary/aromatic N) is 1. The average Bonchev–Trinajstić information content (AvgIpc) is 2.60. The van der Waals surface area contributed by atoms with E-state index < -0.39 is 0 Å². The normalized spacial score (nSPS) is 18.0. The van der Waals surface area contributed by atoms with Gasteiger partial charge in [-0.25, -0.2) is 0 Å². The lowest BCUT2D eigenvalue weighted by Gasteiger charge is -2.33. The van der Waals surface area contributed by atoms with Gasteiger partial charge in [0.1, 0.15) is 5.56 Å². The number of rotatable bonds is 5. The third kappa shape index (κ3) is 4.28. The number of hydrogen-bond donors (Lipinski definition) is 1. The van der Waals surface area contributed by atoms with E-state index in [0.29, 0.717) is 25.6 Å². The van der Waals surface area contributed by atoms with Crippen molar-refractivity contribution in [3.8, 4) is 0 Å². The highest BCUT2D eigenvalue weighted by atomic mass is 16.5. The summed E-state index contributed by atoms with van der Waals surface area (Å²) < 4.78 is 5.80. The number of pyridine rings is 1. The Kier molecular flexibility index (Phi) is 5.53. The van der Waals surface area contributed by atoms with Crippen LogP contribution in [0.15, 0.2) is 35.1 Å². The van der Waals surface area contributed by atoms with Crippen LogP contribution in [0.1, 0.15) is 43.5 Å². The summed E-state index contributed by atoms with van der Waals surface area (Å²) in [6, 6.07) is 9.19. The fourth-order valence-corrected chi connectivity index (χ4v) is 3.31. The lowest BCUT2D eigenvalue weighted by atomic mass is 10.0. The first-order chi connectivity index (χ1) is 12.0. The Labute approximate surface area is 148 Å². The first-order valence-corrected chi connectivity index (χ1v) is 9.07. The van der Waals surface area contributed by atoms with Gasteiger partial charge in [0.05, 0.1) is 12.7 Å². The van der Waals surface area contributed by atoms with Crippen molar-refractivity contribution in [1.29, 1.82) is 0 Å². The molecule has 1 atom stereocenters. The molecule has 2 aromatic rings. The molecule has 2 heterocycles. The van der Waals surface area contributed by atoms with Gasteiger partial charge in [0.2, 0.25) is 0 Å². The van der Waals surface area contributed by atoms with E-state index >= 15 is 0 Å². The zero-order chi connectivity index (χ0) is 17.8. The second-order valence-corrected chi connectivity index (χ2v) is 7.17. The van der Waals surface area contributed by atoms with Gasteiger partial charge in [-0.05, 0) is 29.9 Å². The van der Waals surface area contributed by atoms with E-state index in [4.69, 9.17) is 4.74 Å². The second-order valence-electron chi connectivity index (χ2n) is 7.17. The molecular formula is C20H26N2O3. The average molecular weight is 342 g/mol. The maximum atomic E-state index is 12.8. The van der Waals surface area contributed by atoms with E-state index in [-0.39, 0.29) is 23.1 Å². The summed E-state index contributed by atoms with van der Waals surface area (Å²) in [4.78, 5) is 29.7. The van der Waals surface area contributed by atoms with Gasteiger partial charge in [0.15, 0.2) is 0 Å². The predicted octanol–water partition coefficient (Wildman–Crippen LogP) is 3.20. The molecule has 1 aromatic heterocycles. The van der Waals surface area contributed by atoms with E-state index in [9.17, 15) is 9.59 Å². The van der Waals surface area contributed by atoms with Crippen LogP contribution in [0.25, 0.3) is 10.9 Å². The monoisotopic (exact) mass is 342 g/mol. The number of morpholine rings is 1. The van der Waals surface area contributed by atoms with Crippen LogP contribution in [0.3, 0.4) is 0 Å². The molecule has 0 aliphatic carbocycles. The van der Waals surface area contributed by atoms with Gasteiger partial charge < -0.3 is 14.6 Å². The summed E-state index contributed by atoms with van der Waals surface area (Å²) in [5.74, 6) is 0.474. The summed E-state index contributed by atoms with van der Waals surface area (Å²) in [5, 5.41) is 0.868. The fraction of sp³-hybridized carbons (Fsp3) is 0.500. The summed E-state index contributed by atoms with van der Waals surface area (Å²) in [6.07, 6.45) is 3.28. The van der Waals surface area contributed by atoms with Gasteiger partial charge in [-0.2, -0.15) is 0 Å². The highest BCUT2D eigenvalue weighted by Crippen LogP contribution is 2.17. The molecular weight excluding hydrogens is 316 g/mol. The van der Waals surface area contributed by atoms with Crippen molar-refractivity contribution >= 4 is 16.8 Å². The van der Waals surface area contributed by atoms with Crippen LogP contribution < -0.4 is 5.56 Å². The molecule has 0 spiro atoms. The van der Waals surface area contributed by atoms with Gasteiger partial charge in [-0.15, -0.1) is 0 Å². The van der Waals surface area contributed by atoms with E-state index in [1.54, 1.807) is 11.0 Å². The molecule has 1 fully saturated rings. The van der Waals surface area contributed by atoms with Gasteiger partial charge in [0, 0.05) is 18.6 Å². The van der Waals surface area contributed by atoms with Crippen LogP contribution in [0, 0.1) is 5.92 Å². The summed E-state index contributed by atoms with van der Waals surface area (Å²) in [7, 11) is 0. The van der Waals surface area contributed by atoms with Gasteiger partial charge in [-0.1, -0.05) is 44.9 Å². The van der Waals surface area contributed by atoms with Crippen molar-refractivity contribution in [2.45, 2.75) is 39.2 Å². The maximum Gasteiger partial charge on any atom is 0.261 e. The molecule has 5 heteroatoms. The Hall–Kier alpha value is -2.14. The van der Waals surface area contributed by atoms with E-state index in [2.05, 4.69) is 18.8 Å². The number of aromatic amines is 1. The SMILES string of the molecule is CC(C)CCC[C@@H]1CN(C(=O)c2cc3ccccc3[nH]c2=O)CCO1. The minimum absolute atomic E-state index is 0.0657. The lowest BCUT2D eigenvalue weighted by Crippen LogP contribution is -2.46. The Balaban J connectivity index is 1.72. The highest BCUT2D eigenvalue weighted by molar-refractivity contribution is 5.97. The first kappa shape index (κ1) is 17.7. The molecule has 3 rings (SSSR count). The maximum absolute atomic E-state index is 12.8. The van der Waals surface area contributed by atoms with Crippen LogP contribution in [-0.4, -0.2) is 41.6 Å². The molecule has 25 heavy (non-hydrogen) atoms. The number of H-pyrrole nitrogens is 1. The van der Waals surface area contributed by atoms with Gasteiger partial charge in [-0.3, -0.25) is 9.59 Å². The van der Waals surface area contributed by atoms with E-state index in [1.165, 1.54) is 0 Å². The number of nitrogens with one attached hydrogen (secondary N) is 1. The standard InChI is InChI=1S/C20H26N2O3/c1-14(2)6-5-8-16-13-22(10-11-25-16)20(24)17-12-15-7-3-4-9-18(15)21-19(17)23/h3-4,7,9,12,14,16H,5-6,8,10-11,13H2,1-2H3,(H,21,23)/t16-/m1/s1. The molecule has 0 unspecified atom stereocenters. The molecule has 0 bridgehead atoms. The molecule has 0 radical (unpaired) electrons. The van der Waals surface area contributed by atoms with Gasteiger partial charge >= 0.3 is 0 Å². The van der Waals surface area contributed by atoms with Crippen LogP contribution in [0.2, 0.25) is 0 Å². The number of hydrogen-bond acceptors (Lipinski definition) is 3. The zero-order valence-corrected chi connectivity index (χ0v) is 15.0. The highest BCUT2D eigenvalue weighted by Gasteiger charge is 2.26. The Bertz CT molecular complexity index is 797. The fourth-order valence-electron chi connectivity index (χ4n) is 3.31. The van der Waals surface area contributed by atoms with E-state index in [0.717, 1.165) is 30.2 Å². The zero-order valence-electron chi connectivity index (χ0n) is 15.0. The minimum Gasteiger partial charge on any atom is -0.375 e. The molecule has 1 saturated heterocycles. The number of benzene rings is 1. The quantitative estimate of drug-likeness (QED) is 0.908. The molecule has 5 nitrogen and oxygen atoms in total. The van der Waals surface area contributed by atoms with Crippen molar-refractivity contribution in [3.05, 3.63) is 46.2 Å². The van der Waals surface area contributed by atoms with Crippen molar-refractivity contribution in [2.24, 2.45) is 5.92 Å². The molecule has 1 aromatic carbocycles. The molecule has 0 saturated carbocycles. The molecule has 1 amide bonds. The third-order valence-electron chi connectivity index (χ3n) is 4.72. The second kappa shape index (κ2) is 7.83. The molecule has 134 valence electrons. The Morgan fingerprint density at radius 1 is 1.36 bits per heavy atom. The summed E-state index contributed by atoms with van der Waals surface area (Å²) in [6.45, 7) is 6.05. The number of aromatic nitrogens is 1. The van der Waals surface area contributed by atoms with Crippen LogP contribution in [0.4, 0.5) is 0 Å². The molecule has 1 aliphatic rings. The van der Waals surface area contributed by atoms with E-state index in [1.807, 2.05) is 24.3 Å². The third-order valence-corrected chi connectivity index (χ3v) is 4.72. The topological polar surface area (TPSA) is 62.4 Å². The van der Waals surface area contributed by atoms with Crippen LogP contribution in [0.5, 0.6) is 0 Å². The number of fused-ring (bicyclic) bond motifs is 1. The van der Waals surface area contributed by atoms with Crippen molar-refractivity contribution in [2.75, 3.05) is 19.7 Å². The van der Waals surface area contributed by atoms with Crippen molar-refractivity contribution in [1.82, 2.24) is 9.88 Å². The van der Waals surface area contributed by atoms with Crippen molar-refractivity contribution in [3.63, 3.8) is 0 Å². The smallest absolute Gasteiger partial charge is 0.261 e. The Morgan fingerprint density at radius 2 is 2.16 bits per heavy atom. The number of amides is 1. The summed E-state index contributed by atoms with van der Waals surface area (Å²) in [5.41, 5.74) is 0.630. The van der Waals surface area contributed by atoms with Crippen LogP contribution in [-0.2, 0) is 4.74 Å². The molecule has 1 N–H and O–H groups in total. The minimum atomic E-state index is -0.327. The van der Waals surface area contributed by atoms with Crippen LogP contribution >= 0.6 is 0 Å². The lowest BCUT2D eigenvalue weighted by molar-refractivity contribution is -0.0260. The molecule has 1 aliphatic heterocycles. The number of carbonyl (C=O) groups is 1. The predicted molar refractivity (Wildman–Crippen MR) is 98.9 cm³/mol. The Morgan fingerprint density at radius 3 is 2.96 bits per heavy atom. The largest absolute Gasteiger partial charge is 0.375 e. The van der Waals surface area contributed by atoms with Crippen molar-refractivity contribution < 1.29 is 9.53 Å². The number of ether oxygens (including phenoxy) is 1. The summed E-state index contributed by atoms with van der Waals surface area (Å²) >= 11 is 0. The number of carbonyl (C=O) groups excluding carboxylic acids is 1. The first-order valence-electron chi connectivity index (χ1n) is 9.07.